The Morgan fingerprint density at radius 3 is 1.27 bits per heavy atom. The molecule has 0 aromatic carbocycles. The van der Waals surface area contributed by atoms with E-state index in [1.807, 2.05) is 20.8 Å². The van der Waals surface area contributed by atoms with Gasteiger partial charge in [0.25, 0.3) is 70.0 Å². The first kappa shape index (κ1) is 27.5. The summed E-state index contributed by atoms with van der Waals surface area (Å²) in [6.07, 6.45) is 0. The van der Waals surface area contributed by atoms with Crippen molar-refractivity contribution in [1.82, 2.24) is 0 Å². The molecule has 0 aromatic heterocycles. The van der Waals surface area contributed by atoms with Crippen molar-refractivity contribution in [3.8, 4) is 0 Å². The van der Waals surface area contributed by atoms with Crippen LogP contribution in [0.25, 0.3) is 0 Å². The van der Waals surface area contributed by atoms with E-state index in [4.69, 9.17) is 46.2 Å². The Labute approximate surface area is 176 Å². The van der Waals surface area contributed by atoms with Gasteiger partial charge >= 0.3 is 9.05 Å². The van der Waals surface area contributed by atoms with E-state index < -0.39 is 79.1 Å². The summed E-state index contributed by atoms with van der Waals surface area (Å²) in [5.74, 6) is 0. The minimum atomic E-state index is -3.05. The molecule has 0 N–H and O–H groups in total. The Morgan fingerprint density at radius 1 is 0.577 bits per heavy atom. The molecule has 0 unspecified atom stereocenters. The first-order valence-electron chi connectivity index (χ1n) is 8.25. The van der Waals surface area contributed by atoms with Crippen molar-refractivity contribution in [3.05, 3.63) is 0 Å². The average Bonchev–Trinajstić information content (AvgIpc) is 2.63. The van der Waals surface area contributed by atoms with Gasteiger partial charge in [0.05, 0.1) is 0 Å². The third kappa shape index (κ3) is 16.5. The summed E-state index contributed by atoms with van der Waals surface area (Å²) in [7, 11) is -9.29. The van der Waals surface area contributed by atoms with Gasteiger partial charge in [0.1, 0.15) is 10.5 Å². The van der Waals surface area contributed by atoms with E-state index >= 15 is 0 Å². The molecule has 158 valence electrons. The van der Waals surface area contributed by atoms with Gasteiger partial charge in [-0.1, -0.05) is 0 Å². The zero-order valence-electron chi connectivity index (χ0n) is 16.1. The molecule has 26 heavy (non-hydrogen) atoms. The molecule has 0 aliphatic rings. The molecular weight excluding hydrogens is 501 g/mol. The van der Waals surface area contributed by atoms with Gasteiger partial charge in [-0.05, 0) is 20.8 Å². The minimum absolute atomic E-state index is 0.470. The highest BCUT2D eigenvalue weighted by molar-refractivity contribution is 6.60. The number of rotatable bonds is 21. The zero-order valence-corrected chi connectivity index (χ0v) is 29.0. The van der Waals surface area contributed by atoms with Crippen molar-refractivity contribution in [2.75, 3.05) is 19.8 Å². The van der Waals surface area contributed by atoms with Crippen molar-refractivity contribution in [1.29, 1.82) is 0 Å². The normalized spacial score (nSPS) is 15.3. The van der Waals surface area contributed by atoms with Crippen LogP contribution in [0.5, 0.6) is 0 Å². The fraction of sp³-hybridized carbons (Fsp3) is 1.00. The van der Waals surface area contributed by atoms with Gasteiger partial charge in [-0.15, -0.1) is 0 Å². The standard InChI is InChI=1S/C6H32O11Si9/c1-4-7-26(8-5-2,9-6-3)17-25-16-24-15-23-14-22-13-21-12-20-11-19-10-18/h4-6,19-25H2,1-3,18H3. The third-order valence-electron chi connectivity index (χ3n) is 2.32. The van der Waals surface area contributed by atoms with E-state index in [2.05, 4.69) is 0 Å². The largest absolute Gasteiger partial charge is 0.670 e. The molecule has 0 aliphatic carbocycles. The van der Waals surface area contributed by atoms with Crippen LogP contribution in [0.15, 0.2) is 0 Å². The van der Waals surface area contributed by atoms with Crippen LogP contribution in [-0.2, 0) is 46.2 Å². The van der Waals surface area contributed by atoms with Crippen LogP contribution in [0.4, 0.5) is 0 Å². The van der Waals surface area contributed by atoms with Gasteiger partial charge in [0.2, 0.25) is 0 Å². The van der Waals surface area contributed by atoms with Gasteiger partial charge in [-0.2, -0.15) is 0 Å². The summed E-state index contributed by atoms with van der Waals surface area (Å²) < 4.78 is 60.0. The van der Waals surface area contributed by atoms with Crippen LogP contribution < -0.4 is 0 Å². The summed E-state index contributed by atoms with van der Waals surface area (Å²) in [5.41, 5.74) is 0. The Kier molecular flexibility index (Phi) is 22.5. The molecule has 20 heteroatoms. The first-order valence-corrected chi connectivity index (χ1v) is 18.8. The summed E-state index contributed by atoms with van der Waals surface area (Å²) in [6, 6.07) is 0. The van der Waals surface area contributed by atoms with Gasteiger partial charge in [-0.3, -0.25) is 0 Å². The van der Waals surface area contributed by atoms with Crippen molar-refractivity contribution < 1.29 is 46.2 Å². The zero-order chi connectivity index (χ0) is 19.3. The summed E-state index contributed by atoms with van der Waals surface area (Å²) >= 11 is 0. The maximum atomic E-state index is 5.73. The van der Waals surface area contributed by atoms with Crippen LogP contribution in [0.3, 0.4) is 0 Å². The quantitative estimate of drug-likeness (QED) is 0.104. The predicted octanol–water partition coefficient (Wildman–Crippen LogP) is -7.06. The second-order valence-electron chi connectivity index (χ2n) is 4.28. The fourth-order valence-corrected chi connectivity index (χ4v) is 16.9. The van der Waals surface area contributed by atoms with E-state index in [0.717, 1.165) is 10.5 Å². The highest BCUT2D eigenvalue weighted by Crippen LogP contribution is 2.11. The molecule has 0 heterocycles. The summed E-state index contributed by atoms with van der Waals surface area (Å²) in [4.78, 5) is 0. The molecule has 0 amide bonds. The number of hydrogen-bond acceptors (Lipinski definition) is 11. The molecule has 0 saturated carbocycles. The Morgan fingerprint density at radius 2 is 0.923 bits per heavy atom. The van der Waals surface area contributed by atoms with E-state index in [0.29, 0.717) is 19.8 Å². The van der Waals surface area contributed by atoms with E-state index in [-0.39, 0.29) is 0 Å². The molecule has 0 saturated heterocycles. The van der Waals surface area contributed by atoms with Crippen molar-refractivity contribution >= 4 is 89.6 Å². The predicted molar refractivity (Wildman–Crippen MR) is 119 cm³/mol. The summed E-state index contributed by atoms with van der Waals surface area (Å²) in [5, 5.41) is 0. The fourth-order valence-electron chi connectivity index (χ4n) is 1.48. The Bertz CT molecular complexity index is 278. The monoisotopic (exact) mass is 532 g/mol. The maximum Gasteiger partial charge on any atom is 0.670 e. The van der Waals surface area contributed by atoms with Crippen LogP contribution in [-0.4, -0.2) is 109 Å². The lowest BCUT2D eigenvalue weighted by molar-refractivity contribution is 0.00714. The van der Waals surface area contributed by atoms with E-state index in [1.165, 1.54) is 0 Å². The Hall–Kier alpha value is 1.51. The van der Waals surface area contributed by atoms with Crippen LogP contribution in [0, 0.1) is 0 Å². The topological polar surface area (TPSA) is 102 Å². The minimum Gasteiger partial charge on any atom is -0.449 e. The second-order valence-corrected chi connectivity index (χ2v) is 21.1. The van der Waals surface area contributed by atoms with Gasteiger partial charge in [0, 0.05) is 19.8 Å². The highest BCUT2D eigenvalue weighted by atomic mass is 28.5. The number of hydrogen-bond donors (Lipinski definition) is 0. The third-order valence-corrected chi connectivity index (χ3v) is 15.1. The lowest BCUT2D eigenvalue weighted by Crippen LogP contribution is -2.50. The van der Waals surface area contributed by atoms with Crippen LogP contribution >= 0.6 is 0 Å². The molecule has 0 rings (SSSR count). The highest BCUT2D eigenvalue weighted by Gasteiger charge is 2.44. The summed E-state index contributed by atoms with van der Waals surface area (Å²) in [6.45, 7) is 7.05. The van der Waals surface area contributed by atoms with Crippen LogP contribution in [0.1, 0.15) is 20.8 Å². The van der Waals surface area contributed by atoms with Gasteiger partial charge in [-0.25, -0.2) is 0 Å². The maximum absolute atomic E-state index is 5.73. The average molecular weight is 533 g/mol. The first-order chi connectivity index (χ1) is 12.7. The van der Waals surface area contributed by atoms with Gasteiger partial charge < -0.3 is 46.2 Å². The lowest BCUT2D eigenvalue weighted by Gasteiger charge is -2.26. The van der Waals surface area contributed by atoms with E-state index in [9.17, 15) is 0 Å². The molecule has 0 fully saturated rings. The molecule has 0 bridgehead atoms. The molecule has 0 atom stereocenters. The van der Waals surface area contributed by atoms with Gasteiger partial charge in [0.15, 0.2) is 0 Å². The Balaban J connectivity index is 3.52. The molecular formula is C6H32O11Si9. The smallest absolute Gasteiger partial charge is 0.449 e. The molecule has 11 nitrogen and oxygen atoms in total. The van der Waals surface area contributed by atoms with Crippen molar-refractivity contribution in [2.45, 2.75) is 20.8 Å². The molecule has 0 aliphatic heterocycles. The SMILES string of the molecule is CCO[Si](OCC)(OCC)O[SiH2]O[SiH2]O[SiH2]O[SiH2]O[SiH2]O[SiH2]O[SiH2]O[SiH3]. The van der Waals surface area contributed by atoms with Crippen molar-refractivity contribution in [2.24, 2.45) is 0 Å². The molecule has 0 spiro atoms. The second kappa shape index (κ2) is 21.2. The van der Waals surface area contributed by atoms with Crippen molar-refractivity contribution in [3.63, 3.8) is 0 Å². The van der Waals surface area contributed by atoms with Crippen LogP contribution in [0.2, 0.25) is 0 Å². The van der Waals surface area contributed by atoms with E-state index in [1.54, 1.807) is 0 Å². The lowest BCUT2D eigenvalue weighted by atomic mass is 10.9. The molecule has 0 aromatic rings. The molecule has 0 radical (unpaired) electrons.